The molecule has 38 heavy (non-hydrogen) atoms. The molecule has 3 rings (SSSR count). The number of allylic oxidation sites excluding steroid dienone is 3. The van der Waals surface area contributed by atoms with E-state index in [4.69, 9.17) is 18.3 Å². The fraction of sp³-hybridized carbons (Fsp3) is 0.600. The number of hydrogen-bond acceptors (Lipinski definition) is 6. The molecular formula is C30H46O6Si2. The Hall–Kier alpha value is -2.17. The summed E-state index contributed by atoms with van der Waals surface area (Å²) in [7, 11) is -4.56. The molecule has 1 fully saturated rings. The van der Waals surface area contributed by atoms with Crippen molar-refractivity contribution in [1.29, 1.82) is 0 Å². The van der Waals surface area contributed by atoms with Gasteiger partial charge in [-0.05, 0) is 60.9 Å². The Balaban J connectivity index is 2.17. The molecule has 6 nitrogen and oxygen atoms in total. The predicted octanol–water partition coefficient (Wildman–Crippen LogP) is 7.40. The number of fused-ring (bicyclic) bond motifs is 2. The van der Waals surface area contributed by atoms with E-state index < -0.39 is 22.6 Å². The SMILES string of the molecule is C[C@@H]1C[C@H]2O[C@@H]2/C=C/C=C/C(=O)Cc2cc(O[Si](C)(C)C(C)(C)C)cc(O[Si](C)(C)C(C)(C)C)c2C(=O)O1. The number of carbonyl (C=O) groups is 2. The van der Waals surface area contributed by atoms with Gasteiger partial charge in [0.2, 0.25) is 8.32 Å². The summed E-state index contributed by atoms with van der Waals surface area (Å²) >= 11 is 0. The van der Waals surface area contributed by atoms with E-state index in [1.54, 1.807) is 6.08 Å². The zero-order valence-corrected chi connectivity index (χ0v) is 27.1. The first-order chi connectivity index (χ1) is 17.3. The number of ketones is 1. The summed E-state index contributed by atoms with van der Waals surface area (Å²) < 4.78 is 25.0. The first-order valence-corrected chi connectivity index (χ1v) is 19.4. The highest BCUT2D eigenvalue weighted by Crippen LogP contribution is 2.43. The molecule has 210 valence electrons. The van der Waals surface area contributed by atoms with Crippen molar-refractivity contribution in [2.24, 2.45) is 0 Å². The number of carbonyl (C=O) groups excluding carboxylic acids is 2. The standard InChI is InChI=1S/C30H46O6Si2/c1-20-16-25-24(34-25)15-13-12-14-22(31)17-21-18-23(35-37(8,9)29(2,3)4)19-26(27(21)28(32)33-20)36-38(10,11)30(5,6)7/h12-15,18-20,24-25H,16-17H2,1-11H3/b14-12+,15-13+/t20-,24-,25-/m1/s1. The molecule has 1 saturated heterocycles. The van der Waals surface area contributed by atoms with Crippen LogP contribution in [0, 0.1) is 0 Å². The van der Waals surface area contributed by atoms with Gasteiger partial charge in [0.15, 0.2) is 5.78 Å². The van der Waals surface area contributed by atoms with Crippen molar-refractivity contribution in [3.05, 3.63) is 47.6 Å². The van der Waals surface area contributed by atoms with Crippen molar-refractivity contribution < 1.29 is 27.9 Å². The van der Waals surface area contributed by atoms with Gasteiger partial charge in [0.1, 0.15) is 29.3 Å². The highest BCUT2D eigenvalue weighted by molar-refractivity contribution is 6.75. The molecule has 0 saturated carbocycles. The Kier molecular flexibility index (Phi) is 8.61. The van der Waals surface area contributed by atoms with Crippen LogP contribution in [0.1, 0.15) is 70.8 Å². The van der Waals surface area contributed by atoms with E-state index in [0.29, 0.717) is 29.0 Å². The lowest BCUT2D eigenvalue weighted by Gasteiger charge is -2.38. The van der Waals surface area contributed by atoms with Crippen LogP contribution in [-0.2, 0) is 20.7 Å². The molecule has 0 radical (unpaired) electrons. The predicted molar refractivity (Wildman–Crippen MR) is 157 cm³/mol. The van der Waals surface area contributed by atoms with Crippen LogP contribution in [0.25, 0.3) is 0 Å². The number of esters is 1. The zero-order valence-electron chi connectivity index (χ0n) is 25.1. The molecule has 0 N–H and O–H groups in total. The van der Waals surface area contributed by atoms with Crippen LogP contribution in [0.4, 0.5) is 0 Å². The number of hydrogen-bond donors (Lipinski definition) is 0. The van der Waals surface area contributed by atoms with Crippen molar-refractivity contribution in [1.82, 2.24) is 0 Å². The molecule has 0 unspecified atom stereocenters. The lowest BCUT2D eigenvalue weighted by molar-refractivity contribution is -0.114. The minimum Gasteiger partial charge on any atom is -0.543 e. The Morgan fingerprint density at radius 1 is 0.895 bits per heavy atom. The Morgan fingerprint density at radius 3 is 2.11 bits per heavy atom. The van der Waals surface area contributed by atoms with Gasteiger partial charge in [-0.2, -0.15) is 0 Å². The molecule has 3 atom stereocenters. The van der Waals surface area contributed by atoms with Gasteiger partial charge in [0.25, 0.3) is 8.32 Å². The fourth-order valence-electron chi connectivity index (χ4n) is 3.75. The van der Waals surface area contributed by atoms with E-state index in [9.17, 15) is 9.59 Å². The highest BCUT2D eigenvalue weighted by Gasteiger charge is 2.42. The maximum Gasteiger partial charge on any atom is 0.342 e. The molecule has 1 aromatic carbocycles. The van der Waals surface area contributed by atoms with E-state index in [-0.39, 0.29) is 40.6 Å². The molecule has 0 aromatic heterocycles. The van der Waals surface area contributed by atoms with Gasteiger partial charge in [0.05, 0.1) is 6.10 Å². The number of epoxide rings is 1. The summed E-state index contributed by atoms with van der Waals surface area (Å²) in [6.07, 6.45) is 7.32. The lowest BCUT2D eigenvalue weighted by atomic mass is 10.00. The third-order valence-corrected chi connectivity index (χ3v) is 17.0. The number of rotatable bonds is 4. The summed E-state index contributed by atoms with van der Waals surface area (Å²) in [5.41, 5.74) is 0.871. The first kappa shape index (κ1) is 30.4. The van der Waals surface area contributed by atoms with E-state index >= 15 is 0 Å². The summed E-state index contributed by atoms with van der Waals surface area (Å²) in [6, 6.07) is 3.66. The molecule has 8 heteroatoms. The van der Waals surface area contributed by atoms with E-state index in [1.807, 2.05) is 31.2 Å². The van der Waals surface area contributed by atoms with Gasteiger partial charge < -0.3 is 18.3 Å². The van der Waals surface area contributed by atoms with Crippen LogP contribution in [0.2, 0.25) is 36.3 Å². The van der Waals surface area contributed by atoms with Gasteiger partial charge in [-0.3, -0.25) is 4.79 Å². The van der Waals surface area contributed by atoms with Crippen molar-refractivity contribution in [3.63, 3.8) is 0 Å². The average Bonchev–Trinajstić information content (AvgIpc) is 3.45. The quantitative estimate of drug-likeness (QED) is 0.218. The minimum absolute atomic E-state index is 0.00359. The first-order valence-electron chi connectivity index (χ1n) is 13.6. The van der Waals surface area contributed by atoms with Crippen LogP contribution in [-0.4, -0.2) is 46.7 Å². The van der Waals surface area contributed by atoms with E-state index in [2.05, 4.69) is 67.7 Å². The average molecular weight is 559 g/mol. The number of cyclic esters (lactones) is 1. The van der Waals surface area contributed by atoms with Crippen LogP contribution < -0.4 is 8.85 Å². The molecule has 2 heterocycles. The second-order valence-corrected chi connectivity index (χ2v) is 23.1. The molecule has 0 amide bonds. The van der Waals surface area contributed by atoms with Crippen LogP contribution >= 0.6 is 0 Å². The maximum atomic E-state index is 13.7. The molecule has 2 aliphatic heterocycles. The number of benzene rings is 1. The minimum atomic E-state index is -2.36. The molecule has 1 aromatic rings. The van der Waals surface area contributed by atoms with Gasteiger partial charge in [-0.1, -0.05) is 59.8 Å². The monoisotopic (exact) mass is 558 g/mol. The molecule has 2 aliphatic rings. The summed E-state index contributed by atoms with van der Waals surface area (Å²) in [4.78, 5) is 26.7. The van der Waals surface area contributed by atoms with Crippen LogP contribution in [0.5, 0.6) is 11.5 Å². The zero-order chi connectivity index (χ0) is 28.7. The molecule has 0 bridgehead atoms. The third-order valence-electron chi connectivity index (χ3n) is 8.26. The van der Waals surface area contributed by atoms with Crippen molar-refractivity contribution in [2.75, 3.05) is 0 Å². The van der Waals surface area contributed by atoms with Crippen LogP contribution in [0.15, 0.2) is 36.4 Å². The lowest BCUT2D eigenvalue weighted by Crippen LogP contribution is -2.45. The summed E-state index contributed by atoms with van der Waals surface area (Å²) in [6.45, 7) is 23.5. The highest BCUT2D eigenvalue weighted by atomic mass is 28.4. The second kappa shape index (κ2) is 10.8. The maximum absolute atomic E-state index is 13.7. The Morgan fingerprint density at radius 2 is 1.50 bits per heavy atom. The fourth-order valence-corrected chi connectivity index (χ4v) is 5.78. The van der Waals surface area contributed by atoms with Gasteiger partial charge in [0, 0.05) is 18.9 Å². The van der Waals surface area contributed by atoms with Gasteiger partial charge in [-0.25, -0.2) is 4.79 Å². The summed E-state index contributed by atoms with van der Waals surface area (Å²) in [5, 5.41) is -0.125. The third kappa shape index (κ3) is 7.27. The number of ether oxygens (including phenoxy) is 2. The van der Waals surface area contributed by atoms with Crippen molar-refractivity contribution in [2.45, 2.75) is 116 Å². The van der Waals surface area contributed by atoms with Crippen molar-refractivity contribution >= 4 is 28.4 Å². The largest absolute Gasteiger partial charge is 0.543 e. The Labute approximate surface area is 231 Å². The van der Waals surface area contributed by atoms with E-state index in [1.165, 1.54) is 6.08 Å². The van der Waals surface area contributed by atoms with Crippen molar-refractivity contribution in [3.8, 4) is 11.5 Å². The smallest absolute Gasteiger partial charge is 0.342 e. The topological polar surface area (TPSA) is 74.4 Å². The second-order valence-electron chi connectivity index (χ2n) is 13.7. The molecule has 0 spiro atoms. The normalized spacial score (nSPS) is 24.9. The van der Waals surface area contributed by atoms with E-state index in [0.717, 1.165) is 0 Å². The Bertz CT molecular complexity index is 1120. The van der Waals surface area contributed by atoms with Gasteiger partial charge in [-0.15, -0.1) is 0 Å². The molecular weight excluding hydrogens is 512 g/mol. The molecule has 0 aliphatic carbocycles. The van der Waals surface area contributed by atoms with Crippen LogP contribution in [0.3, 0.4) is 0 Å². The van der Waals surface area contributed by atoms with Gasteiger partial charge >= 0.3 is 5.97 Å². The summed E-state index contributed by atoms with van der Waals surface area (Å²) in [5.74, 6) is 0.452.